The molecular weight excluding hydrogens is 240 g/mol. The van der Waals surface area contributed by atoms with Crippen molar-refractivity contribution in [3.63, 3.8) is 0 Å². The summed E-state index contributed by atoms with van der Waals surface area (Å²) < 4.78 is 5.42. The Balaban J connectivity index is 1.84. The van der Waals surface area contributed by atoms with Crippen LogP contribution >= 0.6 is 11.3 Å². The van der Waals surface area contributed by atoms with Crippen molar-refractivity contribution < 1.29 is 14.6 Å². The van der Waals surface area contributed by atoms with Gasteiger partial charge in [0.15, 0.2) is 0 Å². The van der Waals surface area contributed by atoms with E-state index < -0.39 is 5.97 Å². The van der Waals surface area contributed by atoms with Gasteiger partial charge in [-0.15, -0.1) is 11.3 Å². The van der Waals surface area contributed by atoms with E-state index in [4.69, 9.17) is 9.84 Å². The topological polar surface area (TPSA) is 72.3 Å². The van der Waals surface area contributed by atoms with Crippen molar-refractivity contribution in [2.75, 3.05) is 0 Å². The number of ether oxygens (including phenoxy) is 1. The monoisotopic (exact) mass is 250 g/mol. The largest absolute Gasteiger partial charge is 0.476 e. The smallest absolute Gasteiger partial charge is 0.365 e. The number of hydrogen-bond donors (Lipinski definition) is 1. The van der Waals surface area contributed by atoms with E-state index in [-0.39, 0.29) is 5.01 Å². The maximum atomic E-state index is 10.6. The fourth-order valence-corrected chi connectivity index (χ4v) is 1.86. The molecule has 0 radical (unpaired) electrons. The van der Waals surface area contributed by atoms with Crippen LogP contribution in [0.15, 0.2) is 29.9 Å². The minimum atomic E-state index is -1.00. The molecule has 2 aromatic rings. The van der Waals surface area contributed by atoms with Gasteiger partial charge < -0.3 is 9.84 Å². The Kier molecular flexibility index (Phi) is 3.79. The molecular formula is C11H10N2O3S. The zero-order chi connectivity index (χ0) is 12.1. The Morgan fingerprint density at radius 2 is 2.12 bits per heavy atom. The van der Waals surface area contributed by atoms with Crippen molar-refractivity contribution in [2.24, 2.45) is 0 Å². The predicted molar refractivity (Wildman–Crippen MR) is 61.8 cm³/mol. The van der Waals surface area contributed by atoms with E-state index in [1.807, 2.05) is 12.1 Å². The first kappa shape index (κ1) is 11.7. The minimum Gasteiger partial charge on any atom is -0.476 e. The number of nitrogens with zero attached hydrogens (tertiary/aromatic N) is 2. The number of carbonyl (C=O) groups is 1. The lowest BCUT2D eigenvalue weighted by Gasteiger charge is -2.01. The van der Waals surface area contributed by atoms with Crippen molar-refractivity contribution in [3.05, 3.63) is 46.2 Å². The molecule has 1 N–H and O–H groups in total. The summed E-state index contributed by atoms with van der Waals surface area (Å²) in [6, 6.07) is 3.73. The quantitative estimate of drug-likeness (QED) is 0.878. The highest BCUT2D eigenvalue weighted by atomic mass is 32.1. The summed E-state index contributed by atoms with van der Waals surface area (Å²) in [5.74, 6) is -1.00. The summed E-state index contributed by atoms with van der Waals surface area (Å²) in [6.07, 6.45) is 3.40. The average molecular weight is 250 g/mol. The standard InChI is InChI=1S/C11H10N2O3S/c14-11(15)10-13-9(7-17-10)6-16-5-8-1-3-12-4-2-8/h1-4,7H,5-6H2,(H,14,15). The Labute approximate surface area is 102 Å². The first-order chi connectivity index (χ1) is 8.25. The number of aromatic carboxylic acids is 1. The van der Waals surface area contributed by atoms with E-state index >= 15 is 0 Å². The molecule has 0 fully saturated rings. The maximum Gasteiger partial charge on any atom is 0.365 e. The lowest BCUT2D eigenvalue weighted by Crippen LogP contribution is -1.98. The molecule has 0 unspecified atom stereocenters. The van der Waals surface area contributed by atoms with Gasteiger partial charge >= 0.3 is 5.97 Å². The van der Waals surface area contributed by atoms with Gasteiger partial charge in [0.25, 0.3) is 0 Å². The highest BCUT2D eigenvalue weighted by molar-refractivity contribution is 7.11. The first-order valence-corrected chi connectivity index (χ1v) is 5.78. The molecule has 5 nitrogen and oxygen atoms in total. The van der Waals surface area contributed by atoms with Crippen molar-refractivity contribution in [1.82, 2.24) is 9.97 Å². The van der Waals surface area contributed by atoms with Gasteiger partial charge in [-0.1, -0.05) is 0 Å². The third-order valence-electron chi connectivity index (χ3n) is 2.00. The molecule has 17 heavy (non-hydrogen) atoms. The van der Waals surface area contributed by atoms with Crippen LogP contribution in [0.3, 0.4) is 0 Å². The zero-order valence-electron chi connectivity index (χ0n) is 8.87. The van der Waals surface area contributed by atoms with Gasteiger partial charge in [-0.3, -0.25) is 4.98 Å². The summed E-state index contributed by atoms with van der Waals surface area (Å²) in [5.41, 5.74) is 1.66. The van der Waals surface area contributed by atoms with Gasteiger partial charge in [0.05, 0.1) is 18.9 Å². The first-order valence-electron chi connectivity index (χ1n) is 4.90. The molecule has 2 rings (SSSR count). The Bertz CT molecular complexity index is 498. The van der Waals surface area contributed by atoms with Crippen molar-refractivity contribution in [1.29, 1.82) is 0 Å². The van der Waals surface area contributed by atoms with E-state index in [2.05, 4.69) is 9.97 Å². The number of aromatic nitrogens is 2. The van der Waals surface area contributed by atoms with Crippen molar-refractivity contribution in [3.8, 4) is 0 Å². The highest BCUT2D eigenvalue weighted by Crippen LogP contribution is 2.11. The number of pyridine rings is 1. The molecule has 88 valence electrons. The van der Waals surface area contributed by atoms with Crippen LogP contribution in [-0.4, -0.2) is 21.0 Å². The molecule has 0 atom stereocenters. The summed E-state index contributed by atoms with van der Waals surface area (Å²) in [6.45, 7) is 0.772. The lowest BCUT2D eigenvalue weighted by atomic mass is 10.3. The molecule has 0 aliphatic heterocycles. The van der Waals surface area contributed by atoms with Gasteiger partial charge in [0, 0.05) is 17.8 Å². The second-order valence-corrected chi connectivity index (χ2v) is 4.16. The molecule has 0 aromatic carbocycles. The van der Waals surface area contributed by atoms with E-state index in [1.165, 1.54) is 0 Å². The number of carboxylic acid groups (broad SMARTS) is 1. The third-order valence-corrected chi connectivity index (χ3v) is 2.88. The zero-order valence-corrected chi connectivity index (χ0v) is 9.68. The number of carboxylic acids is 1. The van der Waals surface area contributed by atoms with Crippen LogP contribution in [-0.2, 0) is 18.0 Å². The molecule has 0 saturated heterocycles. The normalized spacial score (nSPS) is 10.4. The Morgan fingerprint density at radius 1 is 1.35 bits per heavy atom. The minimum absolute atomic E-state index is 0.0903. The molecule has 0 spiro atoms. The molecule has 0 amide bonds. The van der Waals surface area contributed by atoms with Crippen molar-refractivity contribution in [2.45, 2.75) is 13.2 Å². The van der Waals surface area contributed by atoms with Crippen LogP contribution < -0.4 is 0 Å². The Morgan fingerprint density at radius 3 is 2.76 bits per heavy atom. The predicted octanol–water partition coefficient (Wildman–Crippen LogP) is 1.95. The van der Waals surface area contributed by atoms with E-state index in [1.54, 1.807) is 17.8 Å². The second-order valence-electron chi connectivity index (χ2n) is 3.30. The van der Waals surface area contributed by atoms with Crippen LogP contribution in [0.5, 0.6) is 0 Å². The summed E-state index contributed by atoms with van der Waals surface area (Å²) in [4.78, 5) is 18.4. The van der Waals surface area contributed by atoms with Crippen LogP contribution in [0.4, 0.5) is 0 Å². The third kappa shape index (κ3) is 3.33. The number of hydrogen-bond acceptors (Lipinski definition) is 5. The number of thiazole rings is 1. The van der Waals surface area contributed by atoms with Crippen LogP contribution in [0.1, 0.15) is 21.1 Å². The average Bonchev–Trinajstić information content (AvgIpc) is 2.79. The van der Waals surface area contributed by atoms with Gasteiger partial charge in [0.2, 0.25) is 5.01 Å². The molecule has 0 aliphatic rings. The van der Waals surface area contributed by atoms with Crippen LogP contribution in [0.2, 0.25) is 0 Å². The number of rotatable bonds is 5. The maximum absolute atomic E-state index is 10.6. The van der Waals surface area contributed by atoms with E-state index in [0.717, 1.165) is 16.9 Å². The molecule has 2 heterocycles. The van der Waals surface area contributed by atoms with Crippen molar-refractivity contribution >= 4 is 17.3 Å². The summed E-state index contributed by atoms with van der Waals surface area (Å²) >= 11 is 1.10. The highest BCUT2D eigenvalue weighted by Gasteiger charge is 2.08. The van der Waals surface area contributed by atoms with E-state index in [9.17, 15) is 4.79 Å². The molecule has 0 bridgehead atoms. The van der Waals surface area contributed by atoms with Gasteiger partial charge in [0.1, 0.15) is 0 Å². The second kappa shape index (κ2) is 5.51. The van der Waals surface area contributed by atoms with Crippen LogP contribution in [0, 0.1) is 0 Å². The van der Waals surface area contributed by atoms with E-state index in [0.29, 0.717) is 18.9 Å². The Hall–Kier alpha value is -1.79. The fraction of sp³-hybridized carbons (Fsp3) is 0.182. The molecule has 0 aliphatic carbocycles. The molecule has 0 saturated carbocycles. The van der Waals surface area contributed by atoms with Gasteiger partial charge in [-0.25, -0.2) is 9.78 Å². The van der Waals surface area contributed by atoms with Gasteiger partial charge in [-0.2, -0.15) is 0 Å². The summed E-state index contributed by atoms with van der Waals surface area (Å²) in [7, 11) is 0. The summed E-state index contributed by atoms with van der Waals surface area (Å²) in [5, 5.41) is 10.5. The lowest BCUT2D eigenvalue weighted by molar-refractivity contribution is 0.0694. The van der Waals surface area contributed by atoms with Gasteiger partial charge in [-0.05, 0) is 17.7 Å². The fourth-order valence-electron chi connectivity index (χ4n) is 1.22. The SMILES string of the molecule is O=C(O)c1nc(COCc2ccncc2)cs1. The molecule has 2 aromatic heterocycles. The molecule has 6 heteroatoms. The van der Waals surface area contributed by atoms with Crippen LogP contribution in [0.25, 0.3) is 0 Å².